The smallest absolute Gasteiger partial charge is 0.319 e. The van der Waals surface area contributed by atoms with Gasteiger partial charge in [-0.1, -0.05) is 6.92 Å². The molecule has 0 aliphatic heterocycles. The van der Waals surface area contributed by atoms with E-state index in [1.807, 2.05) is 6.92 Å². The summed E-state index contributed by atoms with van der Waals surface area (Å²) in [4.78, 5) is 8.36. The van der Waals surface area contributed by atoms with E-state index in [4.69, 9.17) is 9.47 Å². The second kappa shape index (κ2) is 5.51. The van der Waals surface area contributed by atoms with Crippen molar-refractivity contribution in [2.24, 2.45) is 0 Å². The Balaban J connectivity index is 2.08. The summed E-state index contributed by atoms with van der Waals surface area (Å²) >= 11 is 0. The highest BCUT2D eigenvalue weighted by molar-refractivity contribution is 5.65. The highest BCUT2D eigenvalue weighted by Gasteiger charge is 2.44. The maximum Gasteiger partial charge on any atom is 0.319 e. The Bertz CT molecular complexity index is 699. The first-order valence-electron chi connectivity index (χ1n) is 7.43. The van der Waals surface area contributed by atoms with Gasteiger partial charge in [-0.25, -0.2) is 4.98 Å². The van der Waals surface area contributed by atoms with Crippen molar-refractivity contribution in [2.45, 2.75) is 38.5 Å². The highest BCUT2D eigenvalue weighted by Crippen LogP contribution is 2.52. The summed E-state index contributed by atoms with van der Waals surface area (Å²) < 4.78 is 10.4. The van der Waals surface area contributed by atoms with Gasteiger partial charge < -0.3 is 9.47 Å². The van der Waals surface area contributed by atoms with Crippen LogP contribution in [0.1, 0.15) is 37.4 Å². The third-order valence-electron chi connectivity index (χ3n) is 4.46. The summed E-state index contributed by atoms with van der Waals surface area (Å²) in [6, 6.07) is 2.38. The number of rotatable bonds is 5. The van der Waals surface area contributed by atoms with Gasteiger partial charge in [-0.3, -0.25) is 0 Å². The minimum Gasteiger partial charge on any atom is -0.480 e. The molecule has 2 aromatic heterocycles. The lowest BCUT2D eigenvalue weighted by atomic mass is 9.91. The van der Waals surface area contributed by atoms with Gasteiger partial charge in [0.2, 0.25) is 5.88 Å². The molecule has 0 aromatic carbocycles. The predicted octanol–water partition coefficient (Wildman–Crippen LogP) is 2.70. The lowest BCUT2D eigenvalue weighted by Gasteiger charge is -2.16. The zero-order chi connectivity index (χ0) is 15.7. The van der Waals surface area contributed by atoms with Crippen LogP contribution < -0.4 is 9.47 Å². The standard InChI is InChI=1S/C16H20N4O2/c1-5-16(6-7-16)12-8-13(20-19-10(12)2)11-9-17-15(22-4)18-14(11)21-3/h8-9H,5-7H2,1-4H3. The number of aryl methyl sites for hydroxylation is 1. The zero-order valence-electron chi connectivity index (χ0n) is 13.4. The number of hydrogen-bond donors (Lipinski definition) is 0. The summed E-state index contributed by atoms with van der Waals surface area (Å²) in [7, 11) is 3.10. The molecule has 0 radical (unpaired) electrons. The van der Waals surface area contributed by atoms with Crippen molar-refractivity contribution >= 4 is 0 Å². The Hall–Kier alpha value is -2.24. The Morgan fingerprint density at radius 2 is 1.95 bits per heavy atom. The lowest BCUT2D eigenvalue weighted by molar-refractivity contribution is 0.353. The highest BCUT2D eigenvalue weighted by atomic mass is 16.5. The molecule has 0 N–H and O–H groups in total. The third-order valence-corrected chi connectivity index (χ3v) is 4.46. The zero-order valence-corrected chi connectivity index (χ0v) is 13.4. The fourth-order valence-electron chi connectivity index (χ4n) is 2.87. The van der Waals surface area contributed by atoms with Crippen molar-refractivity contribution in [3.63, 3.8) is 0 Å². The van der Waals surface area contributed by atoms with Gasteiger partial charge in [0.15, 0.2) is 0 Å². The van der Waals surface area contributed by atoms with E-state index in [2.05, 4.69) is 33.2 Å². The number of methoxy groups -OCH3 is 2. The number of hydrogen-bond acceptors (Lipinski definition) is 6. The Morgan fingerprint density at radius 3 is 2.55 bits per heavy atom. The summed E-state index contributed by atoms with van der Waals surface area (Å²) in [5, 5.41) is 8.63. The first kappa shape index (κ1) is 14.7. The SMILES string of the molecule is CCC1(c2cc(-c3cnc(OC)nc3OC)nnc2C)CC1. The molecule has 1 aliphatic carbocycles. The molecule has 6 heteroatoms. The maximum absolute atomic E-state index is 5.34. The normalized spacial score (nSPS) is 15.5. The van der Waals surface area contributed by atoms with E-state index < -0.39 is 0 Å². The Labute approximate surface area is 129 Å². The minimum atomic E-state index is 0.271. The van der Waals surface area contributed by atoms with E-state index in [1.54, 1.807) is 13.3 Å². The molecule has 0 unspecified atom stereocenters. The molecular formula is C16H20N4O2. The first-order valence-corrected chi connectivity index (χ1v) is 7.43. The van der Waals surface area contributed by atoms with E-state index in [1.165, 1.54) is 25.5 Å². The molecule has 2 heterocycles. The fourth-order valence-corrected chi connectivity index (χ4v) is 2.87. The van der Waals surface area contributed by atoms with Gasteiger partial charge in [-0.2, -0.15) is 10.1 Å². The van der Waals surface area contributed by atoms with Crippen LogP contribution in [0.25, 0.3) is 11.3 Å². The number of aromatic nitrogens is 4. The average Bonchev–Trinajstić information content (AvgIpc) is 3.36. The van der Waals surface area contributed by atoms with Gasteiger partial charge in [-0.05, 0) is 43.2 Å². The predicted molar refractivity (Wildman–Crippen MR) is 82.1 cm³/mol. The topological polar surface area (TPSA) is 70.0 Å². The molecule has 1 fully saturated rings. The van der Waals surface area contributed by atoms with E-state index in [-0.39, 0.29) is 11.4 Å². The van der Waals surface area contributed by atoms with Gasteiger partial charge in [0.05, 0.1) is 25.5 Å². The summed E-state index contributed by atoms with van der Waals surface area (Å²) in [6.45, 7) is 4.24. The fraction of sp³-hybridized carbons (Fsp3) is 0.500. The van der Waals surface area contributed by atoms with Gasteiger partial charge in [-0.15, -0.1) is 5.10 Å². The van der Waals surface area contributed by atoms with E-state index in [9.17, 15) is 0 Å². The summed E-state index contributed by atoms with van der Waals surface area (Å²) in [6.07, 6.45) is 5.21. The molecule has 0 atom stereocenters. The van der Waals surface area contributed by atoms with Gasteiger partial charge >= 0.3 is 6.01 Å². The Morgan fingerprint density at radius 1 is 1.18 bits per heavy atom. The maximum atomic E-state index is 5.34. The molecule has 0 bridgehead atoms. The molecule has 116 valence electrons. The molecule has 1 aliphatic rings. The molecular weight excluding hydrogens is 280 g/mol. The van der Waals surface area contributed by atoms with Crippen molar-refractivity contribution in [3.05, 3.63) is 23.5 Å². The second-order valence-corrected chi connectivity index (χ2v) is 5.64. The minimum absolute atomic E-state index is 0.271. The summed E-state index contributed by atoms with van der Waals surface area (Å²) in [5.74, 6) is 0.442. The molecule has 1 saturated carbocycles. The molecule has 0 saturated heterocycles. The van der Waals surface area contributed by atoms with Crippen molar-refractivity contribution in [1.29, 1.82) is 0 Å². The van der Waals surface area contributed by atoms with Crippen molar-refractivity contribution in [1.82, 2.24) is 20.2 Å². The van der Waals surface area contributed by atoms with Crippen LogP contribution in [0.4, 0.5) is 0 Å². The molecule has 0 amide bonds. The quantitative estimate of drug-likeness (QED) is 0.845. The molecule has 6 nitrogen and oxygen atoms in total. The van der Waals surface area contributed by atoms with Gasteiger partial charge in [0, 0.05) is 6.20 Å². The molecule has 2 aromatic rings. The van der Waals surface area contributed by atoms with Crippen molar-refractivity contribution in [2.75, 3.05) is 14.2 Å². The molecule has 0 spiro atoms. The Kier molecular flexibility index (Phi) is 3.68. The van der Waals surface area contributed by atoms with Crippen LogP contribution in [0.15, 0.2) is 12.3 Å². The largest absolute Gasteiger partial charge is 0.480 e. The second-order valence-electron chi connectivity index (χ2n) is 5.64. The van der Waals surface area contributed by atoms with Crippen LogP contribution in [0.2, 0.25) is 0 Å². The van der Waals surface area contributed by atoms with Gasteiger partial charge in [0.25, 0.3) is 0 Å². The lowest BCUT2D eigenvalue weighted by Crippen LogP contribution is -2.10. The molecule has 22 heavy (non-hydrogen) atoms. The van der Waals surface area contributed by atoms with Crippen LogP contribution in [-0.2, 0) is 5.41 Å². The molecule has 3 rings (SSSR count). The monoisotopic (exact) mass is 300 g/mol. The van der Waals surface area contributed by atoms with Crippen LogP contribution in [-0.4, -0.2) is 34.4 Å². The van der Waals surface area contributed by atoms with Crippen molar-refractivity contribution in [3.8, 4) is 23.1 Å². The first-order chi connectivity index (χ1) is 10.6. The number of nitrogens with zero attached hydrogens (tertiary/aromatic N) is 4. The summed E-state index contributed by atoms with van der Waals surface area (Å²) in [5.41, 5.74) is 4.01. The van der Waals surface area contributed by atoms with Crippen LogP contribution in [0, 0.1) is 6.92 Å². The van der Waals surface area contributed by atoms with E-state index >= 15 is 0 Å². The van der Waals surface area contributed by atoms with Crippen molar-refractivity contribution < 1.29 is 9.47 Å². The van der Waals surface area contributed by atoms with Crippen LogP contribution >= 0.6 is 0 Å². The van der Waals surface area contributed by atoms with Crippen LogP contribution in [0.5, 0.6) is 11.9 Å². The van der Waals surface area contributed by atoms with Crippen LogP contribution in [0.3, 0.4) is 0 Å². The van der Waals surface area contributed by atoms with Gasteiger partial charge in [0.1, 0.15) is 5.69 Å². The number of ether oxygens (including phenoxy) is 2. The van der Waals surface area contributed by atoms with E-state index in [0.29, 0.717) is 5.88 Å². The average molecular weight is 300 g/mol. The van der Waals surface area contributed by atoms with E-state index in [0.717, 1.165) is 23.4 Å². The third kappa shape index (κ3) is 2.38.